The van der Waals surface area contributed by atoms with Crippen LogP contribution in [-0.2, 0) is 0 Å². The number of hydrogen-bond acceptors (Lipinski definition) is 2. The van der Waals surface area contributed by atoms with E-state index in [0.29, 0.717) is 5.56 Å². The smallest absolute Gasteiger partial charge is 0.0991 e. The zero-order chi connectivity index (χ0) is 8.27. The molecule has 0 saturated carbocycles. The lowest BCUT2D eigenvalue weighted by molar-refractivity contribution is 1.43. The van der Waals surface area contributed by atoms with E-state index in [1.54, 1.807) is 6.07 Å². The molecule has 0 aliphatic heterocycles. The number of hydrogen-bond donors (Lipinski definition) is 1. The maximum absolute atomic E-state index is 8.55. The number of nitrogens with one attached hydrogen (secondary N) is 1. The third kappa shape index (κ3) is 1.84. The Bertz CT molecular complexity index is 301. The van der Waals surface area contributed by atoms with E-state index >= 15 is 0 Å². The average molecular weight is 258 g/mol. The summed E-state index contributed by atoms with van der Waals surface area (Å²) in [4.78, 5) is 0. The third-order valence-electron chi connectivity index (χ3n) is 1.46. The Labute approximate surface area is 79.7 Å². The van der Waals surface area contributed by atoms with Crippen molar-refractivity contribution >= 4 is 28.6 Å². The molecular weight excluding hydrogens is 251 g/mol. The van der Waals surface area contributed by atoms with Gasteiger partial charge in [0.05, 0.1) is 34.5 Å². The maximum Gasteiger partial charge on any atom is 0.0991 e. The third-order valence-corrected chi connectivity index (χ3v) is 2.04. The highest BCUT2D eigenvalue weighted by Crippen LogP contribution is 2.16. The van der Waals surface area contributed by atoms with E-state index in [1.807, 2.05) is 19.1 Å². The number of benzene rings is 1. The van der Waals surface area contributed by atoms with E-state index in [4.69, 9.17) is 5.26 Å². The highest BCUT2D eigenvalue weighted by atomic mass is 127. The van der Waals surface area contributed by atoms with Gasteiger partial charge in [-0.25, -0.2) is 0 Å². The first-order valence-electron chi connectivity index (χ1n) is 3.15. The summed E-state index contributed by atoms with van der Waals surface area (Å²) in [6, 6.07) is 7.65. The molecule has 3 heteroatoms. The summed E-state index contributed by atoms with van der Waals surface area (Å²) in [6.45, 7) is 1.97. The van der Waals surface area contributed by atoms with E-state index in [-0.39, 0.29) is 0 Å². The number of nitriles is 1. The van der Waals surface area contributed by atoms with Gasteiger partial charge < -0.3 is 3.53 Å². The number of nitrogens with zero attached hydrogens (tertiary/aromatic N) is 1. The molecule has 0 aromatic heterocycles. The average Bonchev–Trinajstić information content (AvgIpc) is 2.04. The number of anilines is 1. The second-order valence-corrected chi connectivity index (χ2v) is 2.78. The van der Waals surface area contributed by atoms with Gasteiger partial charge in [0.1, 0.15) is 0 Å². The van der Waals surface area contributed by atoms with Crippen molar-refractivity contribution in [2.75, 3.05) is 3.53 Å². The first-order chi connectivity index (χ1) is 5.27. The predicted octanol–water partition coefficient (Wildman–Crippen LogP) is 2.63. The molecule has 0 bridgehead atoms. The van der Waals surface area contributed by atoms with Gasteiger partial charge in [-0.15, -0.1) is 0 Å². The van der Waals surface area contributed by atoms with Crippen LogP contribution in [0.3, 0.4) is 0 Å². The summed E-state index contributed by atoms with van der Waals surface area (Å²) in [6.07, 6.45) is 0. The van der Waals surface area contributed by atoms with Crippen molar-refractivity contribution in [2.24, 2.45) is 0 Å². The van der Waals surface area contributed by atoms with Crippen LogP contribution in [0.15, 0.2) is 18.2 Å². The lowest BCUT2D eigenvalue weighted by atomic mass is 10.1. The van der Waals surface area contributed by atoms with Gasteiger partial charge in [-0.2, -0.15) is 5.26 Å². The summed E-state index contributed by atoms with van der Waals surface area (Å²) in [5.74, 6) is 0. The Morgan fingerprint density at radius 2 is 2.27 bits per heavy atom. The van der Waals surface area contributed by atoms with E-state index < -0.39 is 0 Å². The highest BCUT2D eigenvalue weighted by molar-refractivity contribution is 14.1. The van der Waals surface area contributed by atoms with E-state index in [0.717, 1.165) is 11.3 Å². The minimum Gasteiger partial charge on any atom is -0.328 e. The molecule has 1 N–H and O–H groups in total. The van der Waals surface area contributed by atoms with Gasteiger partial charge in [-0.05, 0) is 30.7 Å². The van der Waals surface area contributed by atoms with Crippen LogP contribution < -0.4 is 3.53 Å². The summed E-state index contributed by atoms with van der Waals surface area (Å²) in [7, 11) is 0. The van der Waals surface area contributed by atoms with Crippen molar-refractivity contribution in [2.45, 2.75) is 6.92 Å². The quantitative estimate of drug-likeness (QED) is 0.620. The van der Waals surface area contributed by atoms with Gasteiger partial charge in [0, 0.05) is 5.69 Å². The highest BCUT2D eigenvalue weighted by Gasteiger charge is 1.96. The van der Waals surface area contributed by atoms with Gasteiger partial charge >= 0.3 is 0 Å². The molecule has 0 unspecified atom stereocenters. The van der Waals surface area contributed by atoms with E-state index in [9.17, 15) is 0 Å². The van der Waals surface area contributed by atoms with Gasteiger partial charge in [-0.1, -0.05) is 0 Å². The second-order valence-electron chi connectivity index (χ2n) is 2.24. The van der Waals surface area contributed by atoms with Gasteiger partial charge in [0.15, 0.2) is 0 Å². The molecule has 1 aromatic rings. The lowest BCUT2D eigenvalue weighted by Crippen LogP contribution is -1.85. The fraction of sp³-hybridized carbons (Fsp3) is 0.125. The summed E-state index contributed by atoms with van der Waals surface area (Å²) >= 11 is 2.07. The van der Waals surface area contributed by atoms with Crippen LogP contribution in [0.1, 0.15) is 11.1 Å². The number of rotatable bonds is 1. The van der Waals surface area contributed by atoms with E-state index in [1.165, 1.54) is 0 Å². The number of aryl methyl sites for hydroxylation is 1. The van der Waals surface area contributed by atoms with Crippen LogP contribution in [0, 0.1) is 18.3 Å². The molecular formula is C8H7IN2. The van der Waals surface area contributed by atoms with Crippen LogP contribution in [0.4, 0.5) is 5.69 Å². The van der Waals surface area contributed by atoms with Gasteiger partial charge in [0.25, 0.3) is 0 Å². The zero-order valence-electron chi connectivity index (χ0n) is 6.06. The Hall–Kier alpha value is -0.760. The minimum absolute atomic E-state index is 0.706. The van der Waals surface area contributed by atoms with Gasteiger partial charge in [0.2, 0.25) is 0 Å². The Morgan fingerprint density at radius 1 is 1.55 bits per heavy atom. The number of halogens is 1. The molecule has 0 aliphatic carbocycles. The van der Waals surface area contributed by atoms with Crippen LogP contribution in [0.2, 0.25) is 0 Å². The van der Waals surface area contributed by atoms with Crippen molar-refractivity contribution in [1.29, 1.82) is 5.26 Å². The molecule has 56 valence electrons. The van der Waals surface area contributed by atoms with Crippen LogP contribution in [0.5, 0.6) is 0 Å². The van der Waals surface area contributed by atoms with Crippen molar-refractivity contribution in [3.05, 3.63) is 29.3 Å². The molecule has 0 heterocycles. The Balaban J connectivity index is 3.12. The zero-order valence-corrected chi connectivity index (χ0v) is 8.21. The van der Waals surface area contributed by atoms with Crippen LogP contribution in [0.25, 0.3) is 0 Å². The van der Waals surface area contributed by atoms with Crippen molar-refractivity contribution in [3.8, 4) is 6.07 Å². The molecule has 1 rings (SSSR count). The SMILES string of the molecule is Cc1cc(C#N)ccc1NI. The molecule has 0 atom stereocenters. The van der Waals surface area contributed by atoms with Crippen LogP contribution >= 0.6 is 22.9 Å². The summed E-state index contributed by atoms with van der Waals surface area (Å²) in [5.41, 5.74) is 2.86. The second kappa shape index (κ2) is 3.58. The fourth-order valence-electron chi connectivity index (χ4n) is 0.839. The fourth-order valence-corrected chi connectivity index (χ4v) is 1.44. The molecule has 2 nitrogen and oxygen atoms in total. The van der Waals surface area contributed by atoms with Gasteiger partial charge in [-0.3, -0.25) is 0 Å². The standard InChI is InChI=1S/C8H7IN2/c1-6-4-7(5-10)2-3-8(6)11-9/h2-4,11H,1H3. The largest absolute Gasteiger partial charge is 0.328 e. The molecule has 11 heavy (non-hydrogen) atoms. The monoisotopic (exact) mass is 258 g/mol. The van der Waals surface area contributed by atoms with Crippen molar-refractivity contribution in [3.63, 3.8) is 0 Å². The summed E-state index contributed by atoms with van der Waals surface area (Å²) < 4.78 is 3.01. The van der Waals surface area contributed by atoms with Crippen molar-refractivity contribution in [1.82, 2.24) is 0 Å². The molecule has 0 amide bonds. The Morgan fingerprint density at radius 3 is 2.73 bits per heavy atom. The normalized spacial score (nSPS) is 8.82. The molecule has 0 radical (unpaired) electrons. The molecule has 1 aromatic carbocycles. The molecule has 0 aliphatic rings. The molecule has 0 spiro atoms. The maximum atomic E-state index is 8.55. The Kier molecular flexibility index (Phi) is 2.71. The minimum atomic E-state index is 0.706. The van der Waals surface area contributed by atoms with E-state index in [2.05, 4.69) is 32.5 Å². The first-order valence-corrected chi connectivity index (χ1v) is 4.23. The molecule has 0 saturated heterocycles. The lowest BCUT2D eigenvalue weighted by Gasteiger charge is -2.01. The topological polar surface area (TPSA) is 35.8 Å². The predicted molar refractivity (Wildman–Crippen MR) is 53.5 cm³/mol. The molecule has 0 fully saturated rings. The van der Waals surface area contributed by atoms with Crippen molar-refractivity contribution < 1.29 is 0 Å². The first kappa shape index (κ1) is 8.34. The van der Waals surface area contributed by atoms with Crippen LogP contribution in [-0.4, -0.2) is 0 Å². The summed E-state index contributed by atoms with van der Waals surface area (Å²) in [5, 5.41) is 8.55.